The van der Waals surface area contributed by atoms with Crippen LogP contribution in [0.15, 0.2) is 28.3 Å². The Bertz CT molecular complexity index is 1840. The molecule has 0 aliphatic carbocycles. The van der Waals surface area contributed by atoms with Crippen LogP contribution in [-0.4, -0.2) is 69.7 Å². The van der Waals surface area contributed by atoms with E-state index in [1.165, 1.54) is 30.2 Å². The number of nitrogens with one attached hydrogen (secondary N) is 1. The van der Waals surface area contributed by atoms with Crippen molar-refractivity contribution in [3.8, 4) is 17.6 Å². The third-order valence-electron chi connectivity index (χ3n) is 8.70. The van der Waals surface area contributed by atoms with E-state index in [-0.39, 0.29) is 30.4 Å². The molecule has 2 bridgehead atoms. The van der Waals surface area contributed by atoms with Crippen LogP contribution in [0.2, 0.25) is 0 Å². The summed E-state index contributed by atoms with van der Waals surface area (Å²) in [5.74, 6) is 1.26. The number of carbonyl (C=O) groups is 2. The van der Waals surface area contributed by atoms with Crippen LogP contribution < -0.4 is 10.7 Å². The van der Waals surface area contributed by atoms with Gasteiger partial charge in [-0.2, -0.15) is 0 Å². The Morgan fingerprint density at radius 3 is 2.57 bits per heavy atom. The topological polar surface area (TPSA) is 147 Å². The standard InChI is InChI=1S/C30H32F2N4O7S/c1-16-10-21(31)19(22(32)11-16)13-33-27(39)20-14-36-23-15-35(28(40)24(36)26(38)25(20)37)17(2)6-9-30(23)12-18(34-43-30)7-8-29(3,4)44(5,41)42/h10-11,14,17,23,38H,6,9,12-13,15H2,1-5H3,(H,33,39)/t17-,23+,30-/m0/s1. The Morgan fingerprint density at radius 2 is 1.93 bits per heavy atom. The average molecular weight is 631 g/mol. The number of carbonyl (C=O) groups excluding carboxylic acids is 2. The van der Waals surface area contributed by atoms with Gasteiger partial charge in [0.15, 0.2) is 26.9 Å². The first kappa shape index (κ1) is 31.2. The Kier molecular flexibility index (Phi) is 7.60. The van der Waals surface area contributed by atoms with Crippen LogP contribution >= 0.6 is 0 Å². The van der Waals surface area contributed by atoms with Crippen molar-refractivity contribution in [3.05, 3.63) is 62.6 Å². The Labute approximate surface area is 252 Å². The van der Waals surface area contributed by atoms with Gasteiger partial charge in [-0.3, -0.25) is 14.4 Å². The quantitative estimate of drug-likeness (QED) is 0.494. The number of hydrogen-bond acceptors (Lipinski definition) is 8. The zero-order valence-corrected chi connectivity index (χ0v) is 25.6. The number of aromatic nitrogens is 1. The van der Waals surface area contributed by atoms with Crippen molar-refractivity contribution in [2.45, 2.75) is 75.9 Å². The smallest absolute Gasteiger partial charge is 0.274 e. The van der Waals surface area contributed by atoms with E-state index in [4.69, 9.17) is 4.84 Å². The predicted molar refractivity (Wildman–Crippen MR) is 156 cm³/mol. The Morgan fingerprint density at radius 1 is 1.27 bits per heavy atom. The van der Waals surface area contributed by atoms with Crippen LogP contribution in [0.25, 0.3) is 0 Å². The molecule has 11 nitrogen and oxygen atoms in total. The molecular formula is C30H32F2N4O7S. The lowest BCUT2D eigenvalue weighted by Gasteiger charge is -2.41. The van der Waals surface area contributed by atoms with Gasteiger partial charge in [0.25, 0.3) is 11.8 Å². The first-order chi connectivity index (χ1) is 20.5. The summed E-state index contributed by atoms with van der Waals surface area (Å²) in [6, 6.07) is 1.19. The SMILES string of the molecule is Cc1cc(F)c(CNC(=O)c2cn3c(c(O)c2=O)C(=O)N2C[C@@H]3[C@]3(CC[C@@H]2C)CC(C#CC(C)(C)S(C)(=O)=O)=NO3)c(F)c1. The number of fused-ring (bicyclic) bond motifs is 5. The highest BCUT2D eigenvalue weighted by molar-refractivity contribution is 7.92. The first-order valence-electron chi connectivity index (χ1n) is 14.0. The number of nitrogens with zero attached hydrogens (tertiary/aromatic N) is 3. The molecule has 4 heterocycles. The number of benzene rings is 1. The summed E-state index contributed by atoms with van der Waals surface area (Å²) in [5.41, 5.74) is -2.86. The third kappa shape index (κ3) is 5.23. The molecule has 3 aliphatic rings. The van der Waals surface area contributed by atoms with Gasteiger partial charge >= 0.3 is 0 Å². The molecule has 0 saturated carbocycles. The number of amides is 2. The van der Waals surface area contributed by atoms with Crippen LogP contribution in [0.4, 0.5) is 8.78 Å². The summed E-state index contributed by atoms with van der Waals surface area (Å²) >= 11 is 0. The zero-order valence-electron chi connectivity index (χ0n) is 24.8. The zero-order chi connectivity index (χ0) is 32.4. The van der Waals surface area contributed by atoms with Crippen molar-refractivity contribution in [2.75, 3.05) is 12.8 Å². The van der Waals surface area contributed by atoms with Crippen LogP contribution in [0, 0.1) is 30.4 Å². The second-order valence-electron chi connectivity index (χ2n) is 12.1. The summed E-state index contributed by atoms with van der Waals surface area (Å²) in [6.45, 7) is 5.82. The van der Waals surface area contributed by atoms with E-state index in [1.807, 2.05) is 6.92 Å². The third-order valence-corrected chi connectivity index (χ3v) is 10.7. The Balaban J connectivity index is 1.52. The van der Waals surface area contributed by atoms with Crippen LogP contribution in [0.5, 0.6) is 5.75 Å². The molecule has 234 valence electrons. The second kappa shape index (κ2) is 10.7. The second-order valence-corrected chi connectivity index (χ2v) is 14.7. The fraction of sp³-hybridized carbons (Fsp3) is 0.467. The molecule has 44 heavy (non-hydrogen) atoms. The minimum absolute atomic E-state index is 0.0984. The lowest BCUT2D eigenvalue weighted by molar-refractivity contribution is -0.0655. The summed E-state index contributed by atoms with van der Waals surface area (Å²) in [4.78, 5) is 47.4. The van der Waals surface area contributed by atoms with E-state index in [9.17, 15) is 36.7 Å². The molecule has 1 saturated heterocycles. The Hall–Kier alpha value is -4.25. The van der Waals surface area contributed by atoms with Crippen LogP contribution in [0.1, 0.15) is 78.0 Å². The summed E-state index contributed by atoms with van der Waals surface area (Å²) in [7, 11) is -3.51. The van der Waals surface area contributed by atoms with E-state index in [2.05, 4.69) is 22.3 Å². The first-order valence-corrected chi connectivity index (χ1v) is 15.8. The van der Waals surface area contributed by atoms with Crippen molar-refractivity contribution in [1.82, 2.24) is 14.8 Å². The highest BCUT2D eigenvalue weighted by Crippen LogP contribution is 2.46. The summed E-state index contributed by atoms with van der Waals surface area (Å²) in [5, 5.41) is 17.5. The van der Waals surface area contributed by atoms with Crippen molar-refractivity contribution in [2.24, 2.45) is 5.16 Å². The summed E-state index contributed by atoms with van der Waals surface area (Å²) in [6.07, 6.45) is 3.23. The lowest BCUT2D eigenvalue weighted by atomic mass is 9.84. The fourth-order valence-corrected chi connectivity index (χ4v) is 5.90. The monoisotopic (exact) mass is 630 g/mol. The molecule has 5 rings (SSSR count). The van der Waals surface area contributed by atoms with E-state index < -0.39 is 78.5 Å². The maximum atomic E-state index is 14.4. The van der Waals surface area contributed by atoms with E-state index in [0.29, 0.717) is 18.4 Å². The van der Waals surface area contributed by atoms with Crippen molar-refractivity contribution < 1.29 is 36.7 Å². The number of sulfone groups is 1. The molecule has 1 aromatic carbocycles. The van der Waals surface area contributed by atoms with Crippen molar-refractivity contribution >= 4 is 27.4 Å². The molecule has 3 atom stereocenters. The maximum Gasteiger partial charge on any atom is 0.274 e. The van der Waals surface area contributed by atoms with Gasteiger partial charge < -0.3 is 24.7 Å². The molecule has 1 aromatic heterocycles. The van der Waals surface area contributed by atoms with Gasteiger partial charge in [-0.1, -0.05) is 11.1 Å². The number of rotatable bonds is 4. The highest BCUT2D eigenvalue weighted by Gasteiger charge is 2.54. The number of pyridine rings is 1. The predicted octanol–water partition coefficient (Wildman–Crippen LogP) is 2.59. The molecule has 3 aliphatic heterocycles. The van der Waals surface area contributed by atoms with Gasteiger partial charge in [0.05, 0.1) is 6.04 Å². The number of halogens is 2. The van der Waals surface area contributed by atoms with E-state index in [1.54, 1.807) is 0 Å². The largest absolute Gasteiger partial charge is 0.503 e. The normalized spacial score (nSPS) is 22.8. The average Bonchev–Trinajstić information content (AvgIpc) is 3.30. The van der Waals surface area contributed by atoms with Gasteiger partial charge in [-0.15, -0.1) is 0 Å². The molecule has 2 N–H and O–H groups in total. The van der Waals surface area contributed by atoms with Gasteiger partial charge in [0.2, 0.25) is 5.43 Å². The van der Waals surface area contributed by atoms with E-state index in [0.717, 1.165) is 24.6 Å². The maximum absolute atomic E-state index is 14.4. The van der Waals surface area contributed by atoms with Crippen molar-refractivity contribution in [3.63, 3.8) is 0 Å². The highest BCUT2D eigenvalue weighted by atomic mass is 32.2. The number of aryl methyl sites for hydroxylation is 1. The molecule has 14 heteroatoms. The minimum atomic E-state index is -3.51. The molecule has 1 spiro atoms. The van der Waals surface area contributed by atoms with Gasteiger partial charge in [-0.25, -0.2) is 17.2 Å². The van der Waals surface area contributed by atoms with Crippen molar-refractivity contribution in [1.29, 1.82) is 0 Å². The number of oxime groups is 1. The van der Waals surface area contributed by atoms with Gasteiger partial charge in [0, 0.05) is 43.6 Å². The molecule has 2 amide bonds. The lowest BCUT2D eigenvalue weighted by Crippen LogP contribution is -2.52. The number of hydrogen-bond donors (Lipinski definition) is 2. The molecule has 2 aromatic rings. The minimum Gasteiger partial charge on any atom is -0.503 e. The summed E-state index contributed by atoms with van der Waals surface area (Å²) < 4.78 is 53.0. The molecular weight excluding hydrogens is 598 g/mol. The van der Waals surface area contributed by atoms with Gasteiger partial charge in [-0.05, 0) is 64.2 Å². The molecule has 0 unspecified atom stereocenters. The fourth-order valence-electron chi connectivity index (χ4n) is 5.66. The number of aromatic hydroxyl groups is 1. The molecule has 1 fully saturated rings. The molecule has 0 radical (unpaired) electrons. The van der Waals surface area contributed by atoms with Crippen LogP contribution in [-0.2, 0) is 21.2 Å². The van der Waals surface area contributed by atoms with E-state index >= 15 is 0 Å². The van der Waals surface area contributed by atoms with Crippen LogP contribution in [0.3, 0.4) is 0 Å². The van der Waals surface area contributed by atoms with Gasteiger partial charge in [0.1, 0.15) is 27.7 Å².